The fourth-order valence-corrected chi connectivity index (χ4v) is 3.04. The van der Waals surface area contributed by atoms with E-state index in [9.17, 15) is 4.79 Å². The summed E-state index contributed by atoms with van der Waals surface area (Å²) in [5.41, 5.74) is 5.30. The molecule has 104 valence electrons. The van der Waals surface area contributed by atoms with Gasteiger partial charge in [-0.15, -0.1) is 0 Å². The highest BCUT2D eigenvalue weighted by atomic mass is 16.5. The molecule has 1 saturated heterocycles. The van der Waals surface area contributed by atoms with Gasteiger partial charge in [0, 0.05) is 20.1 Å². The van der Waals surface area contributed by atoms with E-state index in [1.54, 1.807) is 0 Å². The average molecular weight is 254 g/mol. The Kier molecular flexibility index (Phi) is 4.62. The van der Waals surface area contributed by atoms with Crippen LogP contribution in [-0.2, 0) is 9.53 Å². The summed E-state index contributed by atoms with van der Waals surface area (Å²) in [6.45, 7) is 2.26. The molecule has 1 saturated carbocycles. The minimum atomic E-state index is -0.415. The van der Waals surface area contributed by atoms with Gasteiger partial charge in [-0.3, -0.25) is 4.79 Å². The maximum Gasteiger partial charge on any atom is 0.234 e. The van der Waals surface area contributed by atoms with Gasteiger partial charge in [0.25, 0.3) is 0 Å². The number of hydrogen-bond acceptors (Lipinski definition) is 3. The molecule has 0 aromatic rings. The SMILES string of the molecule is CN(CCC1CCCCC1)C(=O)C1(CN)COC1. The zero-order chi connectivity index (χ0) is 13.0. The molecule has 0 bridgehead atoms. The van der Waals surface area contributed by atoms with Crippen LogP contribution in [0, 0.1) is 11.3 Å². The topological polar surface area (TPSA) is 55.6 Å². The summed E-state index contributed by atoms with van der Waals surface area (Å²) in [4.78, 5) is 14.2. The molecular formula is C14H26N2O2. The van der Waals surface area contributed by atoms with E-state index in [4.69, 9.17) is 10.5 Å². The Labute approximate surface area is 110 Å². The van der Waals surface area contributed by atoms with Crippen molar-refractivity contribution in [3.63, 3.8) is 0 Å². The van der Waals surface area contributed by atoms with E-state index < -0.39 is 5.41 Å². The van der Waals surface area contributed by atoms with Gasteiger partial charge >= 0.3 is 0 Å². The Balaban J connectivity index is 1.76. The van der Waals surface area contributed by atoms with Crippen LogP contribution < -0.4 is 5.73 Å². The predicted octanol–water partition coefficient (Wildman–Crippen LogP) is 1.39. The first kappa shape index (κ1) is 13.8. The Bertz CT molecular complexity index is 278. The van der Waals surface area contributed by atoms with Gasteiger partial charge in [-0.05, 0) is 12.3 Å². The summed E-state index contributed by atoms with van der Waals surface area (Å²) in [5.74, 6) is 0.993. The quantitative estimate of drug-likeness (QED) is 0.806. The third-order valence-electron chi connectivity index (χ3n) is 4.55. The zero-order valence-electron chi connectivity index (χ0n) is 11.5. The van der Waals surface area contributed by atoms with Crippen LogP contribution in [0.4, 0.5) is 0 Å². The molecule has 0 aromatic carbocycles. The molecule has 18 heavy (non-hydrogen) atoms. The van der Waals surface area contributed by atoms with Gasteiger partial charge in [0.1, 0.15) is 5.41 Å². The Morgan fingerprint density at radius 1 is 1.33 bits per heavy atom. The van der Waals surface area contributed by atoms with Crippen molar-refractivity contribution >= 4 is 5.91 Å². The minimum absolute atomic E-state index is 0.173. The molecule has 1 aliphatic carbocycles. The lowest BCUT2D eigenvalue weighted by Crippen LogP contribution is -2.58. The lowest BCUT2D eigenvalue weighted by molar-refractivity contribution is -0.169. The largest absolute Gasteiger partial charge is 0.379 e. The van der Waals surface area contributed by atoms with Gasteiger partial charge in [-0.1, -0.05) is 32.1 Å². The van der Waals surface area contributed by atoms with Gasteiger partial charge in [-0.25, -0.2) is 0 Å². The van der Waals surface area contributed by atoms with E-state index in [-0.39, 0.29) is 5.91 Å². The van der Waals surface area contributed by atoms with Crippen LogP contribution in [0.3, 0.4) is 0 Å². The number of hydrogen-bond donors (Lipinski definition) is 1. The summed E-state index contributed by atoms with van der Waals surface area (Å²) >= 11 is 0. The fraction of sp³-hybridized carbons (Fsp3) is 0.929. The number of carbonyl (C=O) groups excluding carboxylic acids is 1. The number of ether oxygens (including phenoxy) is 1. The number of nitrogens with zero attached hydrogens (tertiary/aromatic N) is 1. The van der Waals surface area contributed by atoms with Gasteiger partial charge < -0.3 is 15.4 Å². The molecule has 0 radical (unpaired) electrons. The number of carbonyl (C=O) groups is 1. The van der Waals surface area contributed by atoms with E-state index in [0.29, 0.717) is 19.8 Å². The summed E-state index contributed by atoms with van der Waals surface area (Å²) in [6.07, 6.45) is 7.94. The monoisotopic (exact) mass is 254 g/mol. The normalized spacial score (nSPS) is 23.4. The molecule has 4 heteroatoms. The second-order valence-corrected chi connectivity index (χ2v) is 6.00. The van der Waals surface area contributed by atoms with E-state index in [1.165, 1.54) is 32.1 Å². The summed E-state index contributed by atoms with van der Waals surface area (Å²) in [6, 6.07) is 0. The van der Waals surface area contributed by atoms with Crippen molar-refractivity contribution in [1.82, 2.24) is 4.90 Å². The second kappa shape index (κ2) is 6.02. The number of nitrogens with two attached hydrogens (primary N) is 1. The standard InChI is InChI=1S/C14H26N2O2/c1-16(8-7-12-5-3-2-4-6-12)13(17)14(9-15)10-18-11-14/h12H,2-11,15H2,1H3. The number of rotatable bonds is 5. The summed E-state index contributed by atoms with van der Waals surface area (Å²) in [5, 5.41) is 0. The average Bonchev–Trinajstić information content (AvgIpc) is 2.36. The number of amides is 1. The van der Waals surface area contributed by atoms with Crippen LogP contribution in [0.25, 0.3) is 0 Å². The summed E-state index contributed by atoms with van der Waals surface area (Å²) < 4.78 is 5.17. The molecule has 0 aromatic heterocycles. The Morgan fingerprint density at radius 3 is 2.50 bits per heavy atom. The molecular weight excluding hydrogens is 228 g/mol. The first-order valence-electron chi connectivity index (χ1n) is 7.21. The lowest BCUT2D eigenvalue weighted by atomic mass is 9.84. The highest BCUT2D eigenvalue weighted by Crippen LogP contribution is 2.30. The highest BCUT2D eigenvalue weighted by molar-refractivity contribution is 5.83. The van der Waals surface area contributed by atoms with Crippen molar-refractivity contribution in [3.05, 3.63) is 0 Å². The van der Waals surface area contributed by atoms with Crippen molar-refractivity contribution in [1.29, 1.82) is 0 Å². The van der Waals surface area contributed by atoms with E-state index in [0.717, 1.165) is 18.9 Å². The fourth-order valence-electron chi connectivity index (χ4n) is 3.04. The third-order valence-corrected chi connectivity index (χ3v) is 4.55. The molecule has 2 aliphatic rings. The Morgan fingerprint density at radius 2 is 2.00 bits per heavy atom. The molecule has 4 nitrogen and oxygen atoms in total. The molecule has 2 rings (SSSR count). The molecule has 0 atom stereocenters. The van der Waals surface area contributed by atoms with E-state index >= 15 is 0 Å². The van der Waals surface area contributed by atoms with Crippen molar-refractivity contribution in [2.75, 3.05) is 33.4 Å². The molecule has 1 amide bonds. The molecule has 2 fully saturated rings. The van der Waals surface area contributed by atoms with Crippen LogP contribution >= 0.6 is 0 Å². The predicted molar refractivity (Wildman–Crippen MR) is 71.1 cm³/mol. The zero-order valence-corrected chi connectivity index (χ0v) is 11.5. The summed E-state index contributed by atoms with van der Waals surface area (Å²) in [7, 11) is 1.90. The van der Waals surface area contributed by atoms with Gasteiger partial charge in [0.15, 0.2) is 0 Å². The first-order valence-corrected chi connectivity index (χ1v) is 7.21. The van der Waals surface area contributed by atoms with Gasteiger partial charge in [0.2, 0.25) is 5.91 Å². The lowest BCUT2D eigenvalue weighted by Gasteiger charge is -2.41. The highest BCUT2D eigenvalue weighted by Gasteiger charge is 2.46. The van der Waals surface area contributed by atoms with Gasteiger partial charge in [0.05, 0.1) is 13.2 Å². The van der Waals surface area contributed by atoms with Crippen molar-refractivity contribution in [3.8, 4) is 0 Å². The maximum absolute atomic E-state index is 12.3. The molecule has 1 aliphatic heterocycles. The van der Waals surface area contributed by atoms with Crippen LogP contribution in [0.15, 0.2) is 0 Å². The van der Waals surface area contributed by atoms with Gasteiger partial charge in [-0.2, -0.15) is 0 Å². The third kappa shape index (κ3) is 2.86. The minimum Gasteiger partial charge on any atom is -0.379 e. The molecule has 1 heterocycles. The van der Waals surface area contributed by atoms with E-state index in [2.05, 4.69) is 0 Å². The van der Waals surface area contributed by atoms with Crippen LogP contribution in [-0.4, -0.2) is 44.2 Å². The first-order chi connectivity index (χ1) is 8.68. The van der Waals surface area contributed by atoms with Crippen LogP contribution in [0.1, 0.15) is 38.5 Å². The molecule has 0 spiro atoms. The van der Waals surface area contributed by atoms with Crippen molar-refractivity contribution in [2.45, 2.75) is 38.5 Å². The second-order valence-electron chi connectivity index (χ2n) is 6.00. The van der Waals surface area contributed by atoms with Crippen LogP contribution in [0.2, 0.25) is 0 Å². The molecule has 2 N–H and O–H groups in total. The van der Waals surface area contributed by atoms with E-state index in [1.807, 2.05) is 11.9 Å². The smallest absolute Gasteiger partial charge is 0.234 e. The van der Waals surface area contributed by atoms with Crippen LogP contribution in [0.5, 0.6) is 0 Å². The molecule has 0 unspecified atom stereocenters. The Hall–Kier alpha value is -0.610. The maximum atomic E-state index is 12.3. The van der Waals surface area contributed by atoms with Crippen molar-refractivity contribution < 1.29 is 9.53 Å². The van der Waals surface area contributed by atoms with Crippen molar-refractivity contribution in [2.24, 2.45) is 17.1 Å².